The zero-order valence-corrected chi connectivity index (χ0v) is 17.4. The molecule has 0 radical (unpaired) electrons. The molecule has 3 nitrogen and oxygen atoms in total. The van der Waals surface area contributed by atoms with Crippen LogP contribution < -0.4 is 5.32 Å². The molecule has 4 rings (SSSR count). The van der Waals surface area contributed by atoms with E-state index < -0.39 is 0 Å². The van der Waals surface area contributed by atoms with Gasteiger partial charge in [-0.15, -0.1) is 11.3 Å². The molecule has 27 heavy (non-hydrogen) atoms. The standard InChI is InChI=1S/C21H15BrN2OS2/c22-16-8-6-14(7-9-16)13-26-21-24-18-11-10-17(12-19(18)27-21)23-20(25)15-4-2-1-3-5-15/h1-12H,13H2,(H,23,25). The number of carbonyl (C=O) groups excluding carboxylic acids is 1. The maximum absolute atomic E-state index is 12.3. The Hall–Kier alpha value is -2.15. The summed E-state index contributed by atoms with van der Waals surface area (Å²) in [6.07, 6.45) is 0. The normalized spacial score (nSPS) is 10.9. The van der Waals surface area contributed by atoms with E-state index in [0.29, 0.717) is 5.56 Å². The minimum Gasteiger partial charge on any atom is -0.322 e. The number of anilines is 1. The number of carbonyl (C=O) groups is 1. The van der Waals surface area contributed by atoms with Crippen molar-refractivity contribution in [3.05, 3.63) is 88.4 Å². The summed E-state index contributed by atoms with van der Waals surface area (Å²) in [7, 11) is 0. The molecule has 1 heterocycles. The molecular weight excluding hydrogens is 440 g/mol. The third kappa shape index (κ3) is 4.58. The lowest BCUT2D eigenvalue weighted by Crippen LogP contribution is -2.11. The highest BCUT2D eigenvalue weighted by Crippen LogP contribution is 2.33. The van der Waals surface area contributed by atoms with Crippen LogP contribution in [0.2, 0.25) is 0 Å². The van der Waals surface area contributed by atoms with E-state index in [9.17, 15) is 4.79 Å². The molecule has 3 aromatic carbocycles. The molecule has 1 amide bonds. The molecule has 0 saturated carbocycles. The number of amides is 1. The largest absolute Gasteiger partial charge is 0.322 e. The van der Waals surface area contributed by atoms with E-state index in [4.69, 9.17) is 0 Å². The van der Waals surface area contributed by atoms with Crippen molar-refractivity contribution in [2.45, 2.75) is 10.1 Å². The third-order valence-electron chi connectivity index (χ3n) is 3.94. The lowest BCUT2D eigenvalue weighted by atomic mass is 10.2. The molecule has 0 aliphatic carbocycles. The quantitative estimate of drug-likeness (QED) is 0.345. The van der Waals surface area contributed by atoms with Crippen molar-refractivity contribution in [1.29, 1.82) is 0 Å². The van der Waals surface area contributed by atoms with Crippen LogP contribution in [0.25, 0.3) is 10.2 Å². The van der Waals surface area contributed by atoms with E-state index in [0.717, 1.165) is 30.5 Å². The van der Waals surface area contributed by atoms with Crippen LogP contribution in [0.1, 0.15) is 15.9 Å². The van der Waals surface area contributed by atoms with Gasteiger partial charge in [-0.3, -0.25) is 4.79 Å². The van der Waals surface area contributed by atoms with Gasteiger partial charge in [0.15, 0.2) is 4.34 Å². The van der Waals surface area contributed by atoms with E-state index in [1.54, 1.807) is 35.2 Å². The van der Waals surface area contributed by atoms with Crippen LogP contribution in [0.15, 0.2) is 81.6 Å². The van der Waals surface area contributed by atoms with Crippen LogP contribution in [0.4, 0.5) is 5.69 Å². The van der Waals surface area contributed by atoms with Crippen LogP contribution in [0.3, 0.4) is 0 Å². The summed E-state index contributed by atoms with van der Waals surface area (Å²) in [6, 6.07) is 23.4. The van der Waals surface area contributed by atoms with Crippen molar-refractivity contribution < 1.29 is 4.79 Å². The van der Waals surface area contributed by atoms with Crippen molar-refractivity contribution in [3.8, 4) is 0 Å². The van der Waals surface area contributed by atoms with Gasteiger partial charge in [-0.05, 0) is 48.0 Å². The monoisotopic (exact) mass is 454 g/mol. The number of thioether (sulfide) groups is 1. The minimum atomic E-state index is -0.107. The number of hydrogen-bond donors (Lipinski definition) is 1. The summed E-state index contributed by atoms with van der Waals surface area (Å²) < 4.78 is 3.18. The van der Waals surface area contributed by atoms with Gasteiger partial charge in [-0.25, -0.2) is 4.98 Å². The van der Waals surface area contributed by atoms with E-state index in [2.05, 4.69) is 50.5 Å². The van der Waals surface area contributed by atoms with Gasteiger partial charge < -0.3 is 5.32 Å². The second-order valence-corrected chi connectivity index (χ2v) is 9.07. The van der Waals surface area contributed by atoms with Gasteiger partial charge in [0.25, 0.3) is 5.91 Å². The Morgan fingerprint density at radius 2 is 1.81 bits per heavy atom. The average molecular weight is 455 g/mol. The van der Waals surface area contributed by atoms with Crippen molar-refractivity contribution in [2.75, 3.05) is 5.32 Å². The van der Waals surface area contributed by atoms with Gasteiger partial charge in [0, 0.05) is 21.5 Å². The van der Waals surface area contributed by atoms with Crippen LogP contribution >= 0.6 is 39.0 Å². The fourth-order valence-corrected chi connectivity index (χ4v) is 4.89. The molecular formula is C21H15BrN2OS2. The molecule has 6 heteroatoms. The molecule has 0 saturated heterocycles. The molecule has 0 unspecified atom stereocenters. The van der Waals surface area contributed by atoms with Gasteiger partial charge in [0.1, 0.15) is 0 Å². The number of benzene rings is 3. The second kappa shape index (κ2) is 8.25. The Morgan fingerprint density at radius 1 is 1.04 bits per heavy atom. The van der Waals surface area contributed by atoms with Gasteiger partial charge >= 0.3 is 0 Å². The summed E-state index contributed by atoms with van der Waals surface area (Å²) in [5.74, 6) is 0.773. The number of halogens is 1. The molecule has 0 aliphatic rings. The maximum atomic E-state index is 12.3. The highest BCUT2D eigenvalue weighted by Gasteiger charge is 2.09. The minimum absolute atomic E-state index is 0.107. The third-order valence-corrected chi connectivity index (χ3v) is 6.70. The van der Waals surface area contributed by atoms with Crippen molar-refractivity contribution >= 4 is 60.8 Å². The van der Waals surface area contributed by atoms with E-state index in [1.165, 1.54) is 5.56 Å². The first kappa shape index (κ1) is 18.2. The highest BCUT2D eigenvalue weighted by molar-refractivity contribution is 9.10. The van der Waals surface area contributed by atoms with Crippen molar-refractivity contribution in [3.63, 3.8) is 0 Å². The first-order valence-electron chi connectivity index (χ1n) is 8.32. The average Bonchev–Trinajstić information content (AvgIpc) is 3.10. The molecule has 0 aliphatic heterocycles. The Bertz CT molecular complexity index is 1080. The fourth-order valence-electron chi connectivity index (χ4n) is 2.56. The molecule has 4 aromatic rings. The number of thiazole rings is 1. The number of fused-ring (bicyclic) bond motifs is 1. The summed E-state index contributed by atoms with van der Waals surface area (Å²) in [5.41, 5.74) is 3.64. The van der Waals surface area contributed by atoms with Crippen molar-refractivity contribution in [2.24, 2.45) is 0 Å². The summed E-state index contributed by atoms with van der Waals surface area (Å²) in [5, 5.41) is 2.95. The summed E-state index contributed by atoms with van der Waals surface area (Å²) >= 11 is 6.83. The van der Waals surface area contributed by atoms with Gasteiger partial charge in [0.2, 0.25) is 0 Å². The van der Waals surface area contributed by atoms with E-state index in [1.807, 2.05) is 36.4 Å². The summed E-state index contributed by atoms with van der Waals surface area (Å²) in [4.78, 5) is 17.0. The van der Waals surface area contributed by atoms with Crippen molar-refractivity contribution in [1.82, 2.24) is 4.98 Å². The number of hydrogen-bond acceptors (Lipinski definition) is 4. The lowest BCUT2D eigenvalue weighted by Gasteiger charge is -2.04. The number of aromatic nitrogens is 1. The SMILES string of the molecule is O=C(Nc1ccc2nc(SCc3ccc(Br)cc3)sc2c1)c1ccccc1. The lowest BCUT2D eigenvalue weighted by molar-refractivity contribution is 0.102. The first-order valence-corrected chi connectivity index (χ1v) is 10.9. The molecule has 0 fully saturated rings. The zero-order valence-electron chi connectivity index (χ0n) is 14.2. The van der Waals surface area contributed by atoms with Crippen LogP contribution in [-0.2, 0) is 5.75 Å². The molecule has 0 spiro atoms. The molecule has 1 aromatic heterocycles. The van der Waals surface area contributed by atoms with Gasteiger partial charge in [0.05, 0.1) is 10.2 Å². The Kier molecular flexibility index (Phi) is 5.57. The van der Waals surface area contributed by atoms with E-state index >= 15 is 0 Å². The Morgan fingerprint density at radius 3 is 2.59 bits per heavy atom. The second-order valence-electron chi connectivity index (χ2n) is 5.90. The number of nitrogens with one attached hydrogen (secondary N) is 1. The first-order chi connectivity index (χ1) is 13.2. The molecule has 0 atom stereocenters. The predicted molar refractivity (Wildman–Crippen MR) is 118 cm³/mol. The van der Waals surface area contributed by atoms with Crippen LogP contribution in [-0.4, -0.2) is 10.9 Å². The Balaban J connectivity index is 1.46. The summed E-state index contributed by atoms with van der Waals surface area (Å²) in [6.45, 7) is 0. The number of rotatable bonds is 5. The van der Waals surface area contributed by atoms with Crippen LogP contribution in [0, 0.1) is 0 Å². The van der Waals surface area contributed by atoms with E-state index in [-0.39, 0.29) is 5.91 Å². The Labute approximate surface area is 174 Å². The molecule has 134 valence electrons. The van der Waals surface area contributed by atoms with Gasteiger partial charge in [-0.2, -0.15) is 0 Å². The van der Waals surface area contributed by atoms with Gasteiger partial charge in [-0.1, -0.05) is 58.0 Å². The zero-order chi connectivity index (χ0) is 18.6. The number of nitrogens with zero attached hydrogens (tertiary/aromatic N) is 1. The molecule has 1 N–H and O–H groups in total. The molecule has 0 bridgehead atoms. The smallest absolute Gasteiger partial charge is 0.255 e. The highest BCUT2D eigenvalue weighted by atomic mass is 79.9. The fraction of sp³-hybridized carbons (Fsp3) is 0.0476. The van der Waals surface area contributed by atoms with Crippen LogP contribution in [0.5, 0.6) is 0 Å². The maximum Gasteiger partial charge on any atom is 0.255 e. The predicted octanol–water partition coefficient (Wildman–Crippen LogP) is 6.60. The topological polar surface area (TPSA) is 42.0 Å².